The van der Waals surface area contributed by atoms with Crippen molar-refractivity contribution in [1.82, 2.24) is 9.71 Å². The van der Waals surface area contributed by atoms with Gasteiger partial charge in [0.15, 0.2) is 0 Å². The highest BCUT2D eigenvalue weighted by atomic mass is 79.9. The Hall–Kier alpha value is -2.29. The number of halogens is 1. The predicted molar refractivity (Wildman–Crippen MR) is 101 cm³/mol. The predicted octanol–water partition coefficient (Wildman–Crippen LogP) is 3.26. The molecule has 0 bridgehead atoms. The lowest BCUT2D eigenvalue weighted by atomic mass is 10.1. The van der Waals surface area contributed by atoms with Crippen LogP contribution >= 0.6 is 15.9 Å². The third-order valence-corrected chi connectivity index (χ3v) is 5.87. The van der Waals surface area contributed by atoms with Crippen LogP contribution < -0.4 is 4.72 Å². The first-order valence-electron chi connectivity index (χ1n) is 7.61. The zero-order valence-electron chi connectivity index (χ0n) is 13.8. The Morgan fingerprint density at radius 1 is 1.15 bits per heavy atom. The van der Waals surface area contributed by atoms with Gasteiger partial charge in [-0.3, -0.25) is 4.98 Å². The lowest BCUT2D eigenvalue weighted by Crippen LogP contribution is -2.23. The quantitative estimate of drug-likeness (QED) is 0.622. The van der Waals surface area contributed by atoms with Gasteiger partial charge in [-0.05, 0) is 39.7 Å². The van der Waals surface area contributed by atoms with Gasteiger partial charge in [0, 0.05) is 34.2 Å². The minimum atomic E-state index is -3.74. The van der Waals surface area contributed by atoms with Gasteiger partial charge in [-0.15, -0.1) is 0 Å². The molecule has 0 fully saturated rings. The first-order chi connectivity index (χ1) is 12.4. The van der Waals surface area contributed by atoms with Crippen LogP contribution in [-0.2, 0) is 21.3 Å². The van der Waals surface area contributed by atoms with E-state index in [0.717, 1.165) is 10.9 Å². The molecule has 8 heteroatoms. The standard InChI is InChI=1S/C18H15BrN2O4S/c1-25-18(22)13-7-5-12(6-8-13)9-21-26(23,24)16-4-2-3-14-10-20-11-15(19)17(14)16/h2-8,10-11,21H,9H2,1H3. The third-order valence-electron chi connectivity index (χ3n) is 3.83. The largest absolute Gasteiger partial charge is 0.465 e. The maximum absolute atomic E-state index is 12.8. The van der Waals surface area contributed by atoms with E-state index >= 15 is 0 Å². The second-order valence-corrected chi connectivity index (χ2v) is 8.08. The Balaban J connectivity index is 1.85. The zero-order valence-corrected chi connectivity index (χ0v) is 16.2. The van der Waals surface area contributed by atoms with Crippen LogP contribution in [0.25, 0.3) is 10.8 Å². The van der Waals surface area contributed by atoms with Crippen LogP contribution in [-0.4, -0.2) is 26.5 Å². The fourth-order valence-electron chi connectivity index (χ4n) is 2.52. The lowest BCUT2D eigenvalue weighted by molar-refractivity contribution is 0.0600. The summed E-state index contributed by atoms with van der Waals surface area (Å²) in [5.74, 6) is -0.439. The number of nitrogens with zero attached hydrogens (tertiary/aromatic N) is 1. The number of carbonyl (C=O) groups is 1. The normalized spacial score (nSPS) is 11.5. The summed E-state index contributed by atoms with van der Waals surface area (Å²) in [5, 5.41) is 1.31. The number of aromatic nitrogens is 1. The molecule has 2 aromatic carbocycles. The fourth-order valence-corrected chi connectivity index (χ4v) is 4.47. The maximum atomic E-state index is 12.8. The van der Waals surface area contributed by atoms with Crippen molar-refractivity contribution in [3.05, 3.63) is 70.5 Å². The van der Waals surface area contributed by atoms with Gasteiger partial charge in [0.1, 0.15) is 0 Å². The molecule has 0 saturated heterocycles. The molecule has 0 aliphatic heterocycles. The highest BCUT2D eigenvalue weighted by Gasteiger charge is 2.19. The Labute approximate surface area is 159 Å². The molecule has 0 atom stereocenters. The molecule has 0 aliphatic rings. The van der Waals surface area contributed by atoms with E-state index < -0.39 is 16.0 Å². The molecule has 0 amide bonds. The Kier molecular flexibility index (Phi) is 5.36. The van der Waals surface area contributed by atoms with Crippen LogP contribution in [0.3, 0.4) is 0 Å². The SMILES string of the molecule is COC(=O)c1ccc(CNS(=O)(=O)c2cccc3cncc(Br)c23)cc1. The molecule has 0 spiro atoms. The van der Waals surface area contributed by atoms with Crippen LogP contribution in [0, 0.1) is 0 Å². The van der Waals surface area contributed by atoms with E-state index in [2.05, 4.69) is 30.4 Å². The van der Waals surface area contributed by atoms with E-state index in [-0.39, 0.29) is 11.4 Å². The highest BCUT2D eigenvalue weighted by molar-refractivity contribution is 9.10. The van der Waals surface area contributed by atoms with Crippen molar-refractivity contribution >= 4 is 42.7 Å². The molecule has 1 N–H and O–H groups in total. The summed E-state index contributed by atoms with van der Waals surface area (Å²) >= 11 is 3.37. The van der Waals surface area contributed by atoms with Crippen LogP contribution in [0.4, 0.5) is 0 Å². The molecule has 134 valence electrons. The first kappa shape index (κ1) is 18.5. The molecule has 3 aromatic rings. The van der Waals surface area contributed by atoms with Gasteiger partial charge < -0.3 is 4.74 Å². The van der Waals surface area contributed by atoms with Crippen molar-refractivity contribution < 1.29 is 17.9 Å². The smallest absolute Gasteiger partial charge is 0.337 e. The first-order valence-corrected chi connectivity index (χ1v) is 9.89. The molecule has 0 saturated carbocycles. The number of esters is 1. The third kappa shape index (κ3) is 3.77. The summed E-state index contributed by atoms with van der Waals surface area (Å²) in [7, 11) is -2.43. The average Bonchev–Trinajstić information content (AvgIpc) is 2.66. The number of hydrogen-bond donors (Lipinski definition) is 1. The minimum absolute atomic E-state index is 0.100. The molecule has 1 heterocycles. The second-order valence-electron chi connectivity index (χ2n) is 5.49. The van der Waals surface area contributed by atoms with Crippen molar-refractivity contribution in [1.29, 1.82) is 0 Å². The zero-order chi connectivity index (χ0) is 18.7. The van der Waals surface area contributed by atoms with E-state index in [1.807, 2.05) is 0 Å². The number of nitrogens with one attached hydrogen (secondary N) is 1. The topological polar surface area (TPSA) is 85.4 Å². The molecular formula is C18H15BrN2O4S. The van der Waals surface area contributed by atoms with Crippen LogP contribution in [0.2, 0.25) is 0 Å². The van der Waals surface area contributed by atoms with E-state index in [4.69, 9.17) is 0 Å². The van der Waals surface area contributed by atoms with E-state index in [1.165, 1.54) is 7.11 Å². The second kappa shape index (κ2) is 7.53. The lowest BCUT2D eigenvalue weighted by Gasteiger charge is -2.11. The number of carbonyl (C=O) groups excluding carboxylic acids is 1. The Morgan fingerprint density at radius 2 is 1.88 bits per heavy atom. The van der Waals surface area contributed by atoms with E-state index in [9.17, 15) is 13.2 Å². The summed E-state index contributed by atoms with van der Waals surface area (Å²) in [6, 6.07) is 11.6. The molecule has 1 aromatic heterocycles. The Morgan fingerprint density at radius 3 is 2.58 bits per heavy atom. The maximum Gasteiger partial charge on any atom is 0.337 e. The van der Waals surface area contributed by atoms with Gasteiger partial charge in [-0.1, -0.05) is 24.3 Å². The van der Waals surface area contributed by atoms with Crippen molar-refractivity contribution in [2.75, 3.05) is 7.11 Å². The van der Waals surface area contributed by atoms with Gasteiger partial charge >= 0.3 is 5.97 Å². The monoisotopic (exact) mass is 434 g/mol. The summed E-state index contributed by atoms with van der Waals surface area (Å²) in [4.78, 5) is 15.7. The minimum Gasteiger partial charge on any atom is -0.465 e. The van der Waals surface area contributed by atoms with Gasteiger partial charge in [-0.2, -0.15) is 0 Å². The van der Waals surface area contributed by atoms with Gasteiger partial charge in [0.25, 0.3) is 0 Å². The van der Waals surface area contributed by atoms with Crippen LogP contribution in [0.15, 0.2) is 64.2 Å². The average molecular weight is 435 g/mol. The molecule has 3 rings (SSSR count). The number of rotatable bonds is 5. The van der Waals surface area contributed by atoms with Crippen molar-refractivity contribution in [3.8, 4) is 0 Å². The van der Waals surface area contributed by atoms with Crippen LogP contribution in [0.1, 0.15) is 15.9 Å². The fraction of sp³-hybridized carbons (Fsp3) is 0.111. The van der Waals surface area contributed by atoms with E-state index in [0.29, 0.717) is 15.4 Å². The number of methoxy groups -OCH3 is 1. The molecule has 0 aliphatic carbocycles. The number of sulfonamides is 1. The number of hydrogen-bond acceptors (Lipinski definition) is 5. The summed E-state index contributed by atoms with van der Waals surface area (Å²) in [6.45, 7) is 0.100. The van der Waals surface area contributed by atoms with Crippen molar-refractivity contribution in [2.45, 2.75) is 11.4 Å². The number of fused-ring (bicyclic) bond motifs is 1. The molecule has 0 unspecified atom stereocenters. The summed E-state index contributed by atoms with van der Waals surface area (Å²) in [5.41, 5.74) is 1.13. The van der Waals surface area contributed by atoms with Gasteiger partial charge in [-0.25, -0.2) is 17.9 Å². The molecule has 6 nitrogen and oxygen atoms in total. The summed E-state index contributed by atoms with van der Waals surface area (Å²) in [6.07, 6.45) is 3.18. The Bertz CT molecular complexity index is 1060. The van der Waals surface area contributed by atoms with E-state index in [1.54, 1.807) is 54.9 Å². The molecular weight excluding hydrogens is 420 g/mol. The number of ether oxygens (including phenoxy) is 1. The van der Waals surface area contributed by atoms with Crippen molar-refractivity contribution in [3.63, 3.8) is 0 Å². The van der Waals surface area contributed by atoms with Gasteiger partial charge in [0.05, 0.1) is 17.6 Å². The van der Waals surface area contributed by atoms with Gasteiger partial charge in [0.2, 0.25) is 10.0 Å². The summed E-state index contributed by atoms with van der Waals surface area (Å²) < 4.78 is 33.4. The molecule has 0 radical (unpaired) electrons. The van der Waals surface area contributed by atoms with Crippen LogP contribution in [0.5, 0.6) is 0 Å². The van der Waals surface area contributed by atoms with Crippen molar-refractivity contribution in [2.24, 2.45) is 0 Å². The highest BCUT2D eigenvalue weighted by Crippen LogP contribution is 2.29. The number of benzene rings is 2. The molecule has 26 heavy (non-hydrogen) atoms. The number of pyridine rings is 1.